The number of aromatic nitrogens is 2. The van der Waals surface area contributed by atoms with Crippen molar-refractivity contribution in [2.75, 3.05) is 5.32 Å². The van der Waals surface area contributed by atoms with Gasteiger partial charge in [0, 0.05) is 16.9 Å². The second kappa shape index (κ2) is 8.17. The fraction of sp³-hybridized carbons (Fsp3) is 0.375. The summed E-state index contributed by atoms with van der Waals surface area (Å²) in [6, 6.07) is 8.22. The molecule has 0 aliphatic carbocycles. The highest BCUT2D eigenvalue weighted by atomic mass is 127. The summed E-state index contributed by atoms with van der Waals surface area (Å²) in [4.78, 5) is 4.38. The first-order chi connectivity index (χ1) is 9.97. The number of nitrogens with zero attached hydrogens (tertiary/aromatic N) is 2. The van der Waals surface area contributed by atoms with Crippen molar-refractivity contribution in [1.29, 1.82) is 0 Å². The lowest BCUT2D eigenvalue weighted by Gasteiger charge is -2.10. The Labute approximate surface area is 148 Å². The third-order valence-corrected chi connectivity index (χ3v) is 3.51. The molecule has 0 atom stereocenters. The van der Waals surface area contributed by atoms with E-state index in [0.29, 0.717) is 18.4 Å². The number of guanidine groups is 1. The molecule has 0 saturated carbocycles. The van der Waals surface area contributed by atoms with Gasteiger partial charge in [-0.3, -0.25) is 5.10 Å². The molecule has 1 aromatic carbocycles. The highest BCUT2D eigenvalue weighted by molar-refractivity contribution is 14.0. The summed E-state index contributed by atoms with van der Waals surface area (Å²) in [5.74, 6) is 0.900. The Morgan fingerprint density at radius 1 is 1.36 bits per heavy atom. The smallest absolute Gasteiger partial charge is 0.193 e. The second-order valence-corrected chi connectivity index (χ2v) is 5.52. The average molecular weight is 413 g/mol. The fourth-order valence-corrected chi connectivity index (χ4v) is 2.13. The van der Waals surface area contributed by atoms with Crippen LogP contribution in [-0.2, 0) is 6.54 Å². The van der Waals surface area contributed by atoms with Gasteiger partial charge in [-0.15, -0.1) is 24.0 Å². The number of hydrogen-bond acceptors (Lipinski definition) is 2. The maximum Gasteiger partial charge on any atom is 0.193 e. The Bertz CT molecular complexity index is 626. The quantitative estimate of drug-likeness (QED) is 0.406. The lowest BCUT2D eigenvalue weighted by molar-refractivity contribution is 0.867. The zero-order chi connectivity index (χ0) is 15.4. The van der Waals surface area contributed by atoms with Crippen molar-refractivity contribution < 1.29 is 0 Å². The van der Waals surface area contributed by atoms with E-state index in [4.69, 9.17) is 5.73 Å². The van der Waals surface area contributed by atoms with E-state index in [1.54, 1.807) is 0 Å². The molecule has 6 heteroatoms. The molecule has 0 bridgehead atoms. The van der Waals surface area contributed by atoms with Gasteiger partial charge < -0.3 is 11.1 Å². The van der Waals surface area contributed by atoms with Gasteiger partial charge in [0.05, 0.1) is 12.2 Å². The highest BCUT2D eigenvalue weighted by Gasteiger charge is 2.05. The summed E-state index contributed by atoms with van der Waals surface area (Å²) in [6.07, 6.45) is 0. The number of benzene rings is 1. The molecule has 22 heavy (non-hydrogen) atoms. The van der Waals surface area contributed by atoms with Crippen molar-refractivity contribution in [3.63, 3.8) is 0 Å². The maximum atomic E-state index is 5.96. The molecule has 5 nitrogen and oxygen atoms in total. The molecule has 0 saturated heterocycles. The molecule has 1 aromatic heterocycles. The number of H-pyrrole nitrogens is 1. The van der Waals surface area contributed by atoms with Gasteiger partial charge in [0.2, 0.25) is 0 Å². The number of nitrogens with one attached hydrogen (secondary N) is 2. The number of aromatic amines is 1. The van der Waals surface area contributed by atoms with Crippen molar-refractivity contribution in [3.8, 4) is 0 Å². The van der Waals surface area contributed by atoms with E-state index in [1.807, 2.05) is 26.0 Å². The van der Waals surface area contributed by atoms with E-state index in [9.17, 15) is 0 Å². The van der Waals surface area contributed by atoms with Crippen LogP contribution in [0.5, 0.6) is 0 Å². The zero-order valence-electron chi connectivity index (χ0n) is 13.5. The van der Waals surface area contributed by atoms with Crippen LogP contribution in [0, 0.1) is 13.8 Å². The van der Waals surface area contributed by atoms with Crippen LogP contribution in [0.15, 0.2) is 29.3 Å². The maximum absolute atomic E-state index is 5.96. The largest absolute Gasteiger partial charge is 0.370 e. The molecule has 0 amide bonds. The van der Waals surface area contributed by atoms with E-state index < -0.39 is 0 Å². The van der Waals surface area contributed by atoms with E-state index in [0.717, 1.165) is 22.6 Å². The van der Waals surface area contributed by atoms with Crippen molar-refractivity contribution in [3.05, 3.63) is 46.8 Å². The standard InChI is InChI=1S/C16H23N5.HI/c1-10(2)13-6-5-7-14(8-13)19-16(17)18-9-15-11(3)20-21-12(15)4;/h5-8,10H,9H2,1-4H3,(H,20,21)(H3,17,18,19);1H. The summed E-state index contributed by atoms with van der Waals surface area (Å²) in [7, 11) is 0. The zero-order valence-corrected chi connectivity index (χ0v) is 15.8. The van der Waals surface area contributed by atoms with E-state index in [1.165, 1.54) is 5.56 Å². The van der Waals surface area contributed by atoms with E-state index in [-0.39, 0.29) is 24.0 Å². The number of aryl methyl sites for hydroxylation is 2. The van der Waals surface area contributed by atoms with Crippen LogP contribution in [0.3, 0.4) is 0 Å². The molecule has 0 fully saturated rings. The normalized spacial score (nSPS) is 11.4. The SMILES string of the molecule is Cc1n[nH]c(C)c1CN=C(N)Nc1cccc(C(C)C)c1.I. The monoisotopic (exact) mass is 413 g/mol. The van der Waals surface area contributed by atoms with Gasteiger partial charge in [0.1, 0.15) is 0 Å². The lowest BCUT2D eigenvalue weighted by Crippen LogP contribution is -2.22. The number of rotatable bonds is 4. The molecule has 0 aliphatic heterocycles. The van der Waals surface area contributed by atoms with Crippen LogP contribution in [0.4, 0.5) is 5.69 Å². The first-order valence-electron chi connectivity index (χ1n) is 7.14. The Kier molecular flexibility index (Phi) is 6.86. The molecular formula is C16H24IN5. The molecule has 2 rings (SSSR count). The molecular weight excluding hydrogens is 389 g/mol. The van der Waals surface area contributed by atoms with Gasteiger partial charge in [-0.2, -0.15) is 5.10 Å². The van der Waals surface area contributed by atoms with Crippen molar-refractivity contribution in [2.24, 2.45) is 10.7 Å². The summed E-state index contributed by atoms with van der Waals surface area (Å²) < 4.78 is 0. The minimum atomic E-state index is 0. The number of nitrogens with two attached hydrogens (primary N) is 1. The third kappa shape index (κ3) is 4.72. The Balaban J connectivity index is 0.00000242. The molecule has 0 radical (unpaired) electrons. The van der Waals surface area contributed by atoms with Crippen LogP contribution in [0.2, 0.25) is 0 Å². The summed E-state index contributed by atoms with van der Waals surface area (Å²) in [6.45, 7) is 8.81. The van der Waals surface area contributed by atoms with E-state index >= 15 is 0 Å². The third-order valence-electron chi connectivity index (χ3n) is 3.51. The molecule has 0 spiro atoms. The van der Waals surface area contributed by atoms with Gasteiger partial charge in [0.25, 0.3) is 0 Å². The van der Waals surface area contributed by atoms with Gasteiger partial charge in [-0.1, -0.05) is 26.0 Å². The minimum absolute atomic E-state index is 0. The minimum Gasteiger partial charge on any atom is -0.370 e. The molecule has 0 unspecified atom stereocenters. The lowest BCUT2D eigenvalue weighted by atomic mass is 10.0. The average Bonchev–Trinajstić information content (AvgIpc) is 2.76. The van der Waals surface area contributed by atoms with Crippen LogP contribution in [-0.4, -0.2) is 16.2 Å². The topological polar surface area (TPSA) is 79.1 Å². The Morgan fingerprint density at radius 3 is 2.68 bits per heavy atom. The van der Waals surface area contributed by atoms with Crippen molar-refractivity contribution in [2.45, 2.75) is 40.2 Å². The predicted octanol–water partition coefficient (Wildman–Crippen LogP) is 3.69. The first-order valence-corrected chi connectivity index (χ1v) is 7.14. The van der Waals surface area contributed by atoms with E-state index in [2.05, 4.69) is 46.5 Å². The van der Waals surface area contributed by atoms with Gasteiger partial charge in [-0.25, -0.2) is 4.99 Å². The van der Waals surface area contributed by atoms with Crippen LogP contribution in [0.25, 0.3) is 0 Å². The Hall–Kier alpha value is -1.57. The fourth-order valence-electron chi connectivity index (χ4n) is 2.13. The number of hydrogen-bond donors (Lipinski definition) is 3. The summed E-state index contributed by atoms with van der Waals surface area (Å²) >= 11 is 0. The van der Waals surface area contributed by atoms with Gasteiger partial charge in [0.15, 0.2) is 5.96 Å². The van der Waals surface area contributed by atoms with Crippen LogP contribution >= 0.6 is 24.0 Å². The molecule has 0 aliphatic rings. The van der Waals surface area contributed by atoms with Gasteiger partial charge in [-0.05, 0) is 37.5 Å². The summed E-state index contributed by atoms with van der Waals surface area (Å²) in [5.41, 5.74) is 11.3. The molecule has 1 heterocycles. The Morgan fingerprint density at radius 2 is 2.09 bits per heavy atom. The van der Waals surface area contributed by atoms with Crippen molar-refractivity contribution >= 4 is 35.6 Å². The first kappa shape index (κ1) is 18.5. The van der Waals surface area contributed by atoms with Crippen LogP contribution < -0.4 is 11.1 Å². The second-order valence-electron chi connectivity index (χ2n) is 5.52. The number of anilines is 1. The predicted molar refractivity (Wildman–Crippen MR) is 103 cm³/mol. The molecule has 120 valence electrons. The van der Waals surface area contributed by atoms with Crippen molar-refractivity contribution in [1.82, 2.24) is 10.2 Å². The number of aliphatic imine (C=N–C) groups is 1. The van der Waals surface area contributed by atoms with Gasteiger partial charge >= 0.3 is 0 Å². The molecule has 2 aromatic rings. The number of halogens is 1. The molecule has 4 N–H and O–H groups in total. The van der Waals surface area contributed by atoms with Crippen LogP contribution in [0.1, 0.15) is 42.3 Å². The summed E-state index contributed by atoms with van der Waals surface area (Å²) in [5, 5.41) is 10.2. The highest BCUT2D eigenvalue weighted by Crippen LogP contribution is 2.18.